The molecule has 3 rings (SSSR count). The molecule has 0 radical (unpaired) electrons. The van der Waals surface area contributed by atoms with E-state index in [1.807, 2.05) is 79.7 Å². The number of carbonyl (C=O) groups is 2. The van der Waals surface area contributed by atoms with Crippen LogP contribution in [-0.4, -0.2) is 11.8 Å². The zero-order valence-electron chi connectivity index (χ0n) is 14.9. The van der Waals surface area contributed by atoms with Crippen LogP contribution < -0.4 is 10.2 Å². The first-order valence-corrected chi connectivity index (χ1v) is 9.32. The first kappa shape index (κ1) is 18.9. The van der Waals surface area contributed by atoms with Crippen LogP contribution in [0.25, 0.3) is 0 Å². The van der Waals surface area contributed by atoms with Gasteiger partial charge in [-0.05, 0) is 58.2 Å². The van der Waals surface area contributed by atoms with Gasteiger partial charge in [0.05, 0.1) is 12.2 Å². The topological polar surface area (TPSA) is 49.4 Å². The Labute approximate surface area is 167 Å². The van der Waals surface area contributed by atoms with Crippen molar-refractivity contribution in [1.29, 1.82) is 0 Å². The Morgan fingerprint density at radius 1 is 0.926 bits per heavy atom. The Bertz CT molecular complexity index is 943. The van der Waals surface area contributed by atoms with E-state index in [9.17, 15) is 9.59 Å². The largest absolute Gasteiger partial charge is 0.317 e. The summed E-state index contributed by atoms with van der Waals surface area (Å²) in [4.78, 5) is 27.0. The Balaban J connectivity index is 1.84. The molecule has 136 valence electrons. The monoisotopic (exact) mass is 422 g/mol. The lowest BCUT2D eigenvalue weighted by Gasteiger charge is -2.22. The number of aryl methyl sites for hydroxylation is 1. The van der Waals surface area contributed by atoms with Crippen molar-refractivity contribution in [3.8, 4) is 0 Å². The molecule has 2 amide bonds. The highest BCUT2D eigenvalue weighted by molar-refractivity contribution is 9.10. The predicted molar refractivity (Wildman–Crippen MR) is 112 cm³/mol. The van der Waals surface area contributed by atoms with Gasteiger partial charge in [0.2, 0.25) is 0 Å². The van der Waals surface area contributed by atoms with Gasteiger partial charge in [0.1, 0.15) is 0 Å². The molecule has 0 aliphatic carbocycles. The van der Waals surface area contributed by atoms with Gasteiger partial charge < -0.3 is 5.32 Å². The predicted octanol–water partition coefficient (Wildman–Crippen LogP) is 4.93. The molecule has 27 heavy (non-hydrogen) atoms. The van der Waals surface area contributed by atoms with Crippen LogP contribution in [0.4, 0.5) is 11.4 Å². The highest BCUT2D eigenvalue weighted by Crippen LogP contribution is 2.24. The number of benzene rings is 3. The lowest BCUT2D eigenvalue weighted by molar-refractivity contribution is -0.134. The van der Waals surface area contributed by atoms with Gasteiger partial charge in [-0.15, -0.1) is 0 Å². The second kappa shape index (κ2) is 8.64. The van der Waals surface area contributed by atoms with E-state index in [2.05, 4.69) is 21.2 Å². The van der Waals surface area contributed by atoms with Crippen molar-refractivity contribution in [2.75, 3.05) is 10.2 Å². The van der Waals surface area contributed by atoms with Gasteiger partial charge in [-0.25, -0.2) is 0 Å². The zero-order chi connectivity index (χ0) is 19.2. The summed E-state index contributed by atoms with van der Waals surface area (Å²) in [5.41, 5.74) is 3.23. The van der Waals surface area contributed by atoms with Crippen molar-refractivity contribution < 1.29 is 9.59 Å². The van der Waals surface area contributed by atoms with E-state index in [1.165, 1.54) is 4.90 Å². The molecule has 0 heterocycles. The molecule has 0 aromatic heterocycles. The molecule has 4 nitrogen and oxygen atoms in total. The number of nitrogens with one attached hydrogen (secondary N) is 1. The van der Waals surface area contributed by atoms with E-state index < -0.39 is 11.8 Å². The molecule has 0 atom stereocenters. The van der Waals surface area contributed by atoms with Gasteiger partial charge in [-0.1, -0.05) is 54.6 Å². The maximum Gasteiger partial charge on any atom is 0.316 e. The molecule has 0 saturated heterocycles. The summed E-state index contributed by atoms with van der Waals surface area (Å²) in [5.74, 6) is -1.29. The van der Waals surface area contributed by atoms with Crippen molar-refractivity contribution in [2.24, 2.45) is 0 Å². The average molecular weight is 423 g/mol. The summed E-state index contributed by atoms with van der Waals surface area (Å²) in [6.07, 6.45) is 0. The van der Waals surface area contributed by atoms with Gasteiger partial charge in [0.25, 0.3) is 0 Å². The summed E-state index contributed by atoms with van der Waals surface area (Å²) in [6, 6.07) is 24.3. The minimum absolute atomic E-state index is 0.312. The van der Waals surface area contributed by atoms with Gasteiger partial charge in [-0.2, -0.15) is 0 Å². The van der Waals surface area contributed by atoms with E-state index in [0.717, 1.165) is 15.6 Å². The van der Waals surface area contributed by atoms with Crippen LogP contribution in [0.5, 0.6) is 0 Å². The zero-order valence-corrected chi connectivity index (χ0v) is 16.4. The lowest BCUT2D eigenvalue weighted by atomic mass is 10.2. The van der Waals surface area contributed by atoms with Crippen LogP contribution in [0.1, 0.15) is 11.1 Å². The van der Waals surface area contributed by atoms with Gasteiger partial charge in [0.15, 0.2) is 0 Å². The molecule has 5 heteroatoms. The maximum absolute atomic E-state index is 12.9. The standard InChI is InChI=1S/C22H19BrN2O2/c1-16-12-13-20(19(23)14-16)24-21(26)22(27)25(18-10-6-3-7-11-18)15-17-8-4-2-5-9-17/h2-14H,15H2,1H3,(H,24,26). The Morgan fingerprint density at radius 2 is 1.56 bits per heavy atom. The number of anilines is 2. The minimum Gasteiger partial charge on any atom is -0.317 e. The number of carbonyl (C=O) groups excluding carboxylic acids is 2. The van der Waals surface area contributed by atoms with Gasteiger partial charge in [0, 0.05) is 10.2 Å². The second-order valence-electron chi connectivity index (χ2n) is 6.15. The fourth-order valence-electron chi connectivity index (χ4n) is 2.67. The van der Waals surface area contributed by atoms with Gasteiger partial charge in [-0.3, -0.25) is 14.5 Å². The second-order valence-corrected chi connectivity index (χ2v) is 7.00. The van der Waals surface area contributed by atoms with Crippen molar-refractivity contribution in [3.05, 3.63) is 94.5 Å². The number of hydrogen-bond acceptors (Lipinski definition) is 2. The van der Waals surface area contributed by atoms with Crippen molar-refractivity contribution in [1.82, 2.24) is 0 Å². The van der Waals surface area contributed by atoms with Crippen LogP contribution in [0, 0.1) is 6.92 Å². The Hall–Kier alpha value is -2.92. The highest BCUT2D eigenvalue weighted by atomic mass is 79.9. The summed E-state index contributed by atoms with van der Waals surface area (Å²) in [5, 5.41) is 2.70. The van der Waals surface area contributed by atoms with E-state index >= 15 is 0 Å². The Morgan fingerprint density at radius 3 is 2.19 bits per heavy atom. The molecule has 1 N–H and O–H groups in total. The third-order valence-electron chi connectivity index (χ3n) is 4.06. The van der Waals surface area contributed by atoms with Gasteiger partial charge >= 0.3 is 11.8 Å². The third kappa shape index (κ3) is 4.83. The number of rotatable bonds is 4. The van der Waals surface area contributed by atoms with Crippen LogP contribution in [0.15, 0.2) is 83.3 Å². The first-order chi connectivity index (χ1) is 13.0. The number of para-hydroxylation sites is 1. The molecule has 0 saturated carbocycles. The quantitative estimate of drug-likeness (QED) is 0.605. The Kier molecular flexibility index (Phi) is 6.04. The number of amides is 2. The van der Waals surface area contributed by atoms with Crippen LogP contribution in [-0.2, 0) is 16.1 Å². The van der Waals surface area contributed by atoms with Crippen LogP contribution in [0.2, 0.25) is 0 Å². The van der Waals surface area contributed by atoms with E-state index in [4.69, 9.17) is 0 Å². The fraction of sp³-hybridized carbons (Fsp3) is 0.0909. The summed E-state index contributed by atoms with van der Waals surface area (Å²) in [7, 11) is 0. The molecular formula is C22H19BrN2O2. The first-order valence-electron chi connectivity index (χ1n) is 8.52. The SMILES string of the molecule is Cc1ccc(NC(=O)C(=O)N(Cc2ccccc2)c2ccccc2)c(Br)c1. The maximum atomic E-state index is 12.9. The number of hydrogen-bond donors (Lipinski definition) is 1. The number of nitrogens with zero attached hydrogens (tertiary/aromatic N) is 1. The molecule has 0 aliphatic rings. The molecule has 0 spiro atoms. The summed E-state index contributed by atoms with van der Waals surface area (Å²) in [6.45, 7) is 2.27. The summed E-state index contributed by atoms with van der Waals surface area (Å²) >= 11 is 3.42. The minimum atomic E-state index is -0.681. The molecular weight excluding hydrogens is 404 g/mol. The fourth-order valence-corrected chi connectivity index (χ4v) is 3.27. The lowest BCUT2D eigenvalue weighted by Crippen LogP contribution is -2.39. The van der Waals surface area contributed by atoms with E-state index in [1.54, 1.807) is 6.07 Å². The van der Waals surface area contributed by atoms with E-state index in [-0.39, 0.29) is 0 Å². The smallest absolute Gasteiger partial charge is 0.316 e. The molecule has 3 aromatic rings. The van der Waals surface area contributed by atoms with Crippen molar-refractivity contribution in [3.63, 3.8) is 0 Å². The normalized spacial score (nSPS) is 10.3. The third-order valence-corrected chi connectivity index (χ3v) is 4.72. The number of halogens is 1. The van der Waals surface area contributed by atoms with Crippen LogP contribution >= 0.6 is 15.9 Å². The molecule has 0 unspecified atom stereocenters. The van der Waals surface area contributed by atoms with E-state index in [0.29, 0.717) is 17.9 Å². The van der Waals surface area contributed by atoms with Crippen molar-refractivity contribution in [2.45, 2.75) is 13.5 Å². The molecule has 0 fully saturated rings. The highest BCUT2D eigenvalue weighted by Gasteiger charge is 2.24. The molecule has 0 bridgehead atoms. The molecule has 0 aliphatic heterocycles. The van der Waals surface area contributed by atoms with Crippen molar-refractivity contribution >= 4 is 39.1 Å². The summed E-state index contributed by atoms with van der Waals surface area (Å²) < 4.78 is 0.734. The molecule has 3 aromatic carbocycles. The van der Waals surface area contributed by atoms with Crippen LogP contribution in [0.3, 0.4) is 0 Å². The average Bonchev–Trinajstić information content (AvgIpc) is 2.69.